The average molecular weight is 330 g/mol. The summed E-state index contributed by atoms with van der Waals surface area (Å²) in [4.78, 5) is 23.6. The SMILES string of the molecule is O=C(O)/C(=C1\CC(c2ccccc2F)C(=O)O1)c1ccccc1F. The standard InChI is InChI=1S/C18H12F2O4/c19-13-7-3-1-5-10(13)12-9-15(24-18(12)23)16(17(21)22)11-6-2-4-8-14(11)20/h1-8,12H,9H2,(H,21,22)/b16-15+. The summed E-state index contributed by atoms with van der Waals surface area (Å²) in [5.41, 5.74) is -0.488. The molecule has 0 amide bonds. The number of benzene rings is 2. The molecule has 6 heteroatoms. The number of hydrogen-bond acceptors (Lipinski definition) is 3. The normalized spacial score (nSPS) is 19.1. The van der Waals surface area contributed by atoms with E-state index in [-0.39, 0.29) is 23.3 Å². The zero-order valence-corrected chi connectivity index (χ0v) is 12.3. The number of allylic oxidation sites excluding steroid dienone is 1. The zero-order valence-electron chi connectivity index (χ0n) is 12.3. The van der Waals surface area contributed by atoms with Gasteiger partial charge in [0.1, 0.15) is 23.0 Å². The molecule has 1 aliphatic rings. The van der Waals surface area contributed by atoms with Gasteiger partial charge in [0, 0.05) is 17.5 Å². The number of ether oxygens (including phenoxy) is 1. The van der Waals surface area contributed by atoms with Gasteiger partial charge in [0.25, 0.3) is 0 Å². The second-order valence-electron chi connectivity index (χ2n) is 5.28. The van der Waals surface area contributed by atoms with Gasteiger partial charge in [0.15, 0.2) is 0 Å². The minimum atomic E-state index is -1.42. The van der Waals surface area contributed by atoms with Crippen LogP contribution >= 0.6 is 0 Å². The molecule has 24 heavy (non-hydrogen) atoms. The molecule has 2 aromatic rings. The highest BCUT2D eigenvalue weighted by Crippen LogP contribution is 2.38. The van der Waals surface area contributed by atoms with Crippen molar-refractivity contribution in [1.29, 1.82) is 0 Å². The molecular weight excluding hydrogens is 318 g/mol. The molecule has 0 saturated carbocycles. The number of cyclic esters (lactones) is 1. The van der Waals surface area contributed by atoms with E-state index in [1.54, 1.807) is 6.07 Å². The largest absolute Gasteiger partial charge is 0.478 e. The maximum Gasteiger partial charge on any atom is 0.339 e. The van der Waals surface area contributed by atoms with Gasteiger partial charge in [0.05, 0.1) is 5.92 Å². The molecule has 1 fully saturated rings. The van der Waals surface area contributed by atoms with Crippen LogP contribution in [-0.4, -0.2) is 17.0 Å². The van der Waals surface area contributed by atoms with Gasteiger partial charge < -0.3 is 9.84 Å². The molecule has 1 heterocycles. The fraction of sp³-hybridized carbons (Fsp3) is 0.111. The number of aliphatic carboxylic acids is 1. The van der Waals surface area contributed by atoms with E-state index in [1.807, 2.05) is 0 Å². The highest BCUT2D eigenvalue weighted by Gasteiger charge is 2.37. The monoisotopic (exact) mass is 330 g/mol. The lowest BCUT2D eigenvalue weighted by Crippen LogP contribution is -2.07. The van der Waals surface area contributed by atoms with Crippen molar-refractivity contribution in [2.24, 2.45) is 0 Å². The summed E-state index contributed by atoms with van der Waals surface area (Å²) in [6.45, 7) is 0. The first kappa shape index (κ1) is 15.9. The second-order valence-corrected chi connectivity index (χ2v) is 5.28. The fourth-order valence-corrected chi connectivity index (χ4v) is 2.70. The first-order valence-corrected chi connectivity index (χ1v) is 7.16. The minimum Gasteiger partial charge on any atom is -0.478 e. The van der Waals surface area contributed by atoms with Gasteiger partial charge in [-0.25, -0.2) is 13.6 Å². The van der Waals surface area contributed by atoms with E-state index < -0.39 is 35.1 Å². The maximum absolute atomic E-state index is 13.9. The Balaban J connectivity index is 2.07. The van der Waals surface area contributed by atoms with Crippen LogP contribution in [-0.2, 0) is 14.3 Å². The van der Waals surface area contributed by atoms with Gasteiger partial charge in [-0.15, -0.1) is 0 Å². The summed E-state index contributed by atoms with van der Waals surface area (Å²) < 4.78 is 32.9. The molecule has 0 aliphatic carbocycles. The van der Waals surface area contributed by atoms with Crippen LogP contribution in [0.3, 0.4) is 0 Å². The van der Waals surface area contributed by atoms with Gasteiger partial charge in [-0.1, -0.05) is 36.4 Å². The zero-order chi connectivity index (χ0) is 17.3. The first-order chi connectivity index (χ1) is 11.5. The van der Waals surface area contributed by atoms with Crippen LogP contribution < -0.4 is 0 Å². The van der Waals surface area contributed by atoms with Gasteiger partial charge in [-0.05, 0) is 12.1 Å². The van der Waals surface area contributed by atoms with Crippen molar-refractivity contribution in [3.8, 4) is 0 Å². The molecule has 1 atom stereocenters. The Morgan fingerprint density at radius 2 is 1.67 bits per heavy atom. The highest BCUT2D eigenvalue weighted by atomic mass is 19.1. The molecule has 1 unspecified atom stereocenters. The lowest BCUT2D eigenvalue weighted by molar-refractivity contribution is -0.136. The predicted octanol–water partition coefficient (Wildman–Crippen LogP) is 3.49. The van der Waals surface area contributed by atoms with E-state index in [2.05, 4.69) is 0 Å². The van der Waals surface area contributed by atoms with Crippen molar-refractivity contribution in [2.45, 2.75) is 12.3 Å². The van der Waals surface area contributed by atoms with E-state index in [9.17, 15) is 23.5 Å². The van der Waals surface area contributed by atoms with Gasteiger partial charge in [0.2, 0.25) is 0 Å². The number of esters is 1. The van der Waals surface area contributed by atoms with Crippen molar-refractivity contribution in [3.05, 3.63) is 77.1 Å². The van der Waals surface area contributed by atoms with Crippen molar-refractivity contribution < 1.29 is 28.2 Å². The van der Waals surface area contributed by atoms with Crippen molar-refractivity contribution in [3.63, 3.8) is 0 Å². The minimum absolute atomic E-state index is 0.121. The Kier molecular flexibility index (Phi) is 4.12. The van der Waals surface area contributed by atoms with E-state index >= 15 is 0 Å². The molecule has 1 N–H and O–H groups in total. The van der Waals surface area contributed by atoms with E-state index in [0.717, 1.165) is 6.07 Å². The number of carboxylic acid groups (broad SMARTS) is 1. The Morgan fingerprint density at radius 3 is 2.29 bits per heavy atom. The Labute approximate surface area is 136 Å². The van der Waals surface area contributed by atoms with E-state index in [4.69, 9.17) is 4.74 Å². The maximum atomic E-state index is 13.9. The molecule has 0 radical (unpaired) electrons. The number of rotatable bonds is 3. The summed E-state index contributed by atoms with van der Waals surface area (Å²) in [6, 6.07) is 11.0. The Morgan fingerprint density at radius 1 is 1.04 bits per heavy atom. The molecule has 1 aliphatic heterocycles. The summed E-state index contributed by atoms with van der Waals surface area (Å²) in [5.74, 6) is -4.63. The Bertz CT molecular complexity index is 858. The van der Waals surface area contributed by atoms with Crippen LogP contribution in [0.5, 0.6) is 0 Å². The smallest absolute Gasteiger partial charge is 0.339 e. The second kappa shape index (κ2) is 6.23. The number of carbonyl (C=O) groups is 2. The molecule has 0 bridgehead atoms. The predicted molar refractivity (Wildman–Crippen MR) is 80.8 cm³/mol. The third-order valence-corrected chi connectivity index (χ3v) is 3.81. The lowest BCUT2D eigenvalue weighted by atomic mass is 9.94. The fourth-order valence-electron chi connectivity index (χ4n) is 2.70. The average Bonchev–Trinajstić information content (AvgIpc) is 2.91. The first-order valence-electron chi connectivity index (χ1n) is 7.16. The molecule has 1 saturated heterocycles. The van der Waals surface area contributed by atoms with Crippen molar-refractivity contribution >= 4 is 17.5 Å². The van der Waals surface area contributed by atoms with Gasteiger partial charge >= 0.3 is 11.9 Å². The molecule has 3 rings (SSSR count). The van der Waals surface area contributed by atoms with Crippen molar-refractivity contribution in [1.82, 2.24) is 0 Å². The number of halogens is 2. The van der Waals surface area contributed by atoms with Crippen LogP contribution in [0.1, 0.15) is 23.5 Å². The topological polar surface area (TPSA) is 63.6 Å². The van der Waals surface area contributed by atoms with Crippen LogP contribution in [0.25, 0.3) is 5.57 Å². The quantitative estimate of drug-likeness (QED) is 0.691. The molecule has 122 valence electrons. The third kappa shape index (κ3) is 2.78. The third-order valence-electron chi connectivity index (χ3n) is 3.81. The summed E-state index contributed by atoms with van der Waals surface area (Å²) in [7, 11) is 0. The summed E-state index contributed by atoms with van der Waals surface area (Å²) in [5, 5.41) is 9.42. The molecule has 0 aromatic heterocycles. The van der Waals surface area contributed by atoms with Crippen LogP contribution in [0.2, 0.25) is 0 Å². The number of carbonyl (C=O) groups excluding carboxylic acids is 1. The molecule has 0 spiro atoms. The van der Waals surface area contributed by atoms with Crippen LogP contribution in [0, 0.1) is 11.6 Å². The van der Waals surface area contributed by atoms with Gasteiger partial charge in [-0.3, -0.25) is 4.79 Å². The summed E-state index contributed by atoms with van der Waals surface area (Å²) >= 11 is 0. The van der Waals surface area contributed by atoms with Crippen molar-refractivity contribution in [2.75, 3.05) is 0 Å². The lowest BCUT2D eigenvalue weighted by Gasteiger charge is -2.07. The summed E-state index contributed by atoms with van der Waals surface area (Å²) in [6.07, 6.45) is -0.143. The van der Waals surface area contributed by atoms with E-state index in [0.29, 0.717) is 0 Å². The van der Waals surface area contributed by atoms with E-state index in [1.165, 1.54) is 36.4 Å². The Hall–Kier alpha value is -3.02. The number of carboxylic acids is 1. The van der Waals surface area contributed by atoms with Crippen LogP contribution in [0.4, 0.5) is 8.78 Å². The highest BCUT2D eigenvalue weighted by molar-refractivity contribution is 6.16. The van der Waals surface area contributed by atoms with Crippen LogP contribution in [0.15, 0.2) is 54.3 Å². The number of hydrogen-bond donors (Lipinski definition) is 1. The molecular formula is C18H12F2O4. The van der Waals surface area contributed by atoms with Gasteiger partial charge in [-0.2, -0.15) is 0 Å². The molecule has 2 aromatic carbocycles. The molecule has 4 nitrogen and oxygen atoms in total.